The lowest BCUT2D eigenvalue weighted by Gasteiger charge is -2.29. The van der Waals surface area contributed by atoms with Crippen LogP contribution in [0.25, 0.3) is 0 Å². The topological polar surface area (TPSA) is 49.4 Å². The molecule has 0 radical (unpaired) electrons. The van der Waals surface area contributed by atoms with Crippen molar-refractivity contribution < 1.29 is 8.42 Å². The summed E-state index contributed by atoms with van der Waals surface area (Å²) < 4.78 is 26.6. The van der Waals surface area contributed by atoms with Crippen molar-refractivity contribution in [2.75, 3.05) is 13.1 Å². The zero-order valence-corrected chi connectivity index (χ0v) is 11.6. The fourth-order valence-corrected chi connectivity index (χ4v) is 3.44. The van der Waals surface area contributed by atoms with Crippen molar-refractivity contribution in [1.82, 2.24) is 9.62 Å². The maximum atomic E-state index is 12.1. The van der Waals surface area contributed by atoms with Gasteiger partial charge in [-0.05, 0) is 43.6 Å². The lowest BCUT2D eigenvalue weighted by atomic mass is 10.1. The molecule has 1 heterocycles. The van der Waals surface area contributed by atoms with Crippen LogP contribution in [0.1, 0.15) is 19.3 Å². The highest BCUT2D eigenvalue weighted by Crippen LogP contribution is 2.11. The van der Waals surface area contributed by atoms with E-state index in [9.17, 15) is 8.42 Å². The van der Waals surface area contributed by atoms with E-state index in [2.05, 4.69) is 4.72 Å². The number of nitrogens with zero attached hydrogens (tertiary/aromatic N) is 1. The van der Waals surface area contributed by atoms with Gasteiger partial charge in [0.25, 0.3) is 10.0 Å². The maximum absolute atomic E-state index is 12.1. The predicted octanol–water partition coefficient (Wildman–Crippen LogP) is 1.74. The molecule has 1 aliphatic rings. The Hall–Kier alpha value is -1.14. The van der Waals surface area contributed by atoms with E-state index in [1.165, 1.54) is 6.42 Å². The number of thiocarbonyl (C=S) groups is 1. The van der Waals surface area contributed by atoms with E-state index in [1.807, 2.05) is 4.90 Å². The molecule has 0 amide bonds. The average molecular weight is 284 g/mol. The molecule has 0 atom stereocenters. The Labute approximate surface area is 113 Å². The van der Waals surface area contributed by atoms with Crippen LogP contribution in [0.2, 0.25) is 0 Å². The summed E-state index contributed by atoms with van der Waals surface area (Å²) in [4.78, 5) is 2.16. The second-order valence-electron chi connectivity index (χ2n) is 4.27. The molecular weight excluding hydrogens is 268 g/mol. The Kier molecular flexibility index (Phi) is 4.19. The van der Waals surface area contributed by atoms with E-state index in [-0.39, 0.29) is 4.90 Å². The molecular formula is C12H16N2O2S2. The van der Waals surface area contributed by atoms with E-state index in [1.54, 1.807) is 30.3 Å². The lowest BCUT2D eigenvalue weighted by Crippen LogP contribution is -2.44. The summed E-state index contributed by atoms with van der Waals surface area (Å²) in [5.41, 5.74) is 0. The molecule has 18 heavy (non-hydrogen) atoms. The van der Waals surface area contributed by atoms with Gasteiger partial charge in [0.15, 0.2) is 5.11 Å². The second-order valence-corrected chi connectivity index (χ2v) is 6.34. The van der Waals surface area contributed by atoms with E-state index in [0.717, 1.165) is 25.9 Å². The number of nitrogens with one attached hydrogen (secondary N) is 1. The van der Waals surface area contributed by atoms with Gasteiger partial charge in [-0.3, -0.25) is 4.72 Å². The van der Waals surface area contributed by atoms with Gasteiger partial charge in [0.2, 0.25) is 0 Å². The Morgan fingerprint density at radius 3 is 2.33 bits per heavy atom. The largest absolute Gasteiger partial charge is 0.349 e. The van der Waals surface area contributed by atoms with Gasteiger partial charge in [0.05, 0.1) is 4.90 Å². The van der Waals surface area contributed by atoms with Crippen molar-refractivity contribution in [2.45, 2.75) is 24.2 Å². The van der Waals surface area contributed by atoms with Crippen LogP contribution in [-0.4, -0.2) is 31.5 Å². The molecule has 0 unspecified atom stereocenters. The molecule has 0 aliphatic carbocycles. The van der Waals surface area contributed by atoms with Crippen molar-refractivity contribution in [3.8, 4) is 0 Å². The molecule has 2 rings (SSSR count). The Balaban J connectivity index is 2.06. The minimum Gasteiger partial charge on any atom is -0.349 e. The summed E-state index contributed by atoms with van der Waals surface area (Å²) in [5.74, 6) is 0. The summed E-state index contributed by atoms with van der Waals surface area (Å²) in [6.45, 7) is 1.66. The molecule has 0 spiro atoms. The van der Waals surface area contributed by atoms with Crippen LogP contribution in [0.4, 0.5) is 0 Å². The summed E-state index contributed by atoms with van der Waals surface area (Å²) >= 11 is 5.16. The number of hydrogen-bond donors (Lipinski definition) is 1. The van der Waals surface area contributed by atoms with Crippen molar-refractivity contribution in [1.29, 1.82) is 0 Å². The Bertz CT molecular complexity index is 508. The number of rotatable bonds is 2. The molecule has 1 aromatic rings. The lowest BCUT2D eigenvalue weighted by molar-refractivity contribution is 0.342. The van der Waals surface area contributed by atoms with Crippen molar-refractivity contribution >= 4 is 27.4 Å². The minimum atomic E-state index is -3.54. The zero-order chi connectivity index (χ0) is 13.0. The summed E-state index contributed by atoms with van der Waals surface area (Å²) in [6.07, 6.45) is 3.31. The highest BCUT2D eigenvalue weighted by atomic mass is 32.2. The van der Waals surface area contributed by atoms with Gasteiger partial charge in [-0.15, -0.1) is 0 Å². The summed E-state index contributed by atoms with van der Waals surface area (Å²) in [6, 6.07) is 8.28. The van der Waals surface area contributed by atoms with Crippen LogP contribution in [0, 0.1) is 0 Å². The molecule has 0 bridgehead atoms. The molecule has 1 saturated heterocycles. The van der Waals surface area contributed by atoms with Gasteiger partial charge in [0.1, 0.15) is 0 Å². The van der Waals surface area contributed by atoms with Gasteiger partial charge in [0, 0.05) is 13.1 Å². The van der Waals surface area contributed by atoms with Gasteiger partial charge >= 0.3 is 0 Å². The molecule has 4 nitrogen and oxygen atoms in total. The van der Waals surface area contributed by atoms with E-state index in [0.29, 0.717) is 5.11 Å². The molecule has 0 saturated carbocycles. The number of piperidine rings is 1. The SMILES string of the molecule is O=S(=O)(NC(=S)N1CCCCC1)c1ccccc1. The fourth-order valence-electron chi connectivity index (χ4n) is 1.94. The number of benzene rings is 1. The molecule has 98 valence electrons. The van der Waals surface area contributed by atoms with Gasteiger partial charge in [-0.25, -0.2) is 8.42 Å². The van der Waals surface area contributed by atoms with Crippen LogP contribution in [-0.2, 0) is 10.0 Å². The third-order valence-corrected chi connectivity index (χ3v) is 4.76. The first-order chi connectivity index (χ1) is 8.59. The third kappa shape index (κ3) is 3.20. The standard InChI is InChI=1S/C12H16N2O2S2/c15-18(16,11-7-3-1-4-8-11)13-12(17)14-9-5-2-6-10-14/h1,3-4,7-8H,2,5-6,9-10H2,(H,13,17). The van der Waals surface area contributed by atoms with Crippen molar-refractivity contribution in [2.24, 2.45) is 0 Å². The van der Waals surface area contributed by atoms with E-state index < -0.39 is 10.0 Å². The quantitative estimate of drug-likeness (QED) is 0.840. The highest BCUT2D eigenvalue weighted by molar-refractivity contribution is 7.91. The first-order valence-corrected chi connectivity index (χ1v) is 7.85. The number of likely N-dealkylation sites (tertiary alicyclic amines) is 1. The molecule has 1 aliphatic heterocycles. The van der Waals surface area contributed by atoms with E-state index in [4.69, 9.17) is 12.2 Å². The molecule has 1 fully saturated rings. The highest BCUT2D eigenvalue weighted by Gasteiger charge is 2.19. The Morgan fingerprint density at radius 1 is 1.11 bits per heavy atom. The van der Waals surface area contributed by atoms with Gasteiger partial charge in [-0.2, -0.15) is 0 Å². The van der Waals surface area contributed by atoms with Crippen LogP contribution in [0.5, 0.6) is 0 Å². The molecule has 0 aromatic heterocycles. The second kappa shape index (κ2) is 5.67. The van der Waals surface area contributed by atoms with Crippen molar-refractivity contribution in [3.05, 3.63) is 30.3 Å². The van der Waals surface area contributed by atoms with Crippen LogP contribution >= 0.6 is 12.2 Å². The smallest absolute Gasteiger partial charge is 0.263 e. The zero-order valence-electron chi connectivity index (χ0n) is 10.0. The molecule has 6 heteroatoms. The third-order valence-electron chi connectivity index (χ3n) is 2.92. The fraction of sp³-hybridized carbons (Fsp3) is 0.417. The monoisotopic (exact) mass is 284 g/mol. The molecule has 1 aromatic carbocycles. The number of hydrogen-bond acceptors (Lipinski definition) is 3. The Morgan fingerprint density at radius 2 is 1.72 bits per heavy atom. The normalized spacial score (nSPS) is 16.3. The van der Waals surface area contributed by atoms with Crippen LogP contribution in [0.3, 0.4) is 0 Å². The minimum absolute atomic E-state index is 0.240. The predicted molar refractivity (Wildman–Crippen MR) is 74.8 cm³/mol. The average Bonchev–Trinajstić information content (AvgIpc) is 2.40. The molecule has 1 N–H and O–H groups in total. The first-order valence-electron chi connectivity index (χ1n) is 5.96. The summed E-state index contributed by atoms with van der Waals surface area (Å²) in [5, 5.41) is 0.304. The van der Waals surface area contributed by atoms with E-state index >= 15 is 0 Å². The number of sulfonamides is 1. The van der Waals surface area contributed by atoms with Gasteiger partial charge < -0.3 is 4.90 Å². The maximum Gasteiger partial charge on any atom is 0.263 e. The van der Waals surface area contributed by atoms with Crippen LogP contribution < -0.4 is 4.72 Å². The van der Waals surface area contributed by atoms with Gasteiger partial charge in [-0.1, -0.05) is 18.2 Å². The first kappa shape index (κ1) is 13.3. The van der Waals surface area contributed by atoms with Crippen LogP contribution in [0.15, 0.2) is 35.2 Å². The summed E-state index contributed by atoms with van der Waals surface area (Å²) in [7, 11) is -3.54. The van der Waals surface area contributed by atoms with Crippen molar-refractivity contribution in [3.63, 3.8) is 0 Å².